The molecule has 2 heterocycles. The molecule has 1 aliphatic heterocycles. The van der Waals surface area contributed by atoms with Gasteiger partial charge in [-0.05, 0) is 46.5 Å². The van der Waals surface area contributed by atoms with E-state index in [1.54, 1.807) is 42.6 Å². The Balaban J connectivity index is 1.43. The van der Waals surface area contributed by atoms with Crippen LogP contribution in [0.3, 0.4) is 0 Å². The lowest BCUT2D eigenvalue weighted by molar-refractivity contribution is -0.122. The van der Waals surface area contributed by atoms with Gasteiger partial charge in [-0.2, -0.15) is 5.10 Å². The highest BCUT2D eigenvalue weighted by atomic mass is 35.5. The normalized spacial score (nSPS) is 24.4. The summed E-state index contributed by atoms with van der Waals surface area (Å²) in [5.74, 6) is -2.74. The Morgan fingerprint density at radius 1 is 0.872 bits per heavy atom. The molecule has 7 nitrogen and oxygen atoms in total. The lowest BCUT2D eigenvalue weighted by atomic mass is 9.47. The van der Waals surface area contributed by atoms with Crippen LogP contribution in [0.5, 0.6) is 0 Å². The molecule has 3 aliphatic carbocycles. The van der Waals surface area contributed by atoms with E-state index in [2.05, 4.69) is 15.5 Å². The number of carbonyl (C=O) groups is 3. The Bertz CT molecular complexity index is 1660. The van der Waals surface area contributed by atoms with E-state index >= 15 is 0 Å². The van der Waals surface area contributed by atoms with E-state index < -0.39 is 23.2 Å². The van der Waals surface area contributed by atoms with Crippen LogP contribution in [0, 0.1) is 11.8 Å². The SMILES string of the molecule is O=C(N/N=C\C12c3ccccc3C(c3ccccc31)[C@@H]1C(=O)N(c3ccccc3Cl)C(=O)[C@@H]12)c1ccncc1. The molecule has 190 valence electrons. The molecule has 1 N–H and O–H groups in total. The molecule has 2 bridgehead atoms. The molecule has 3 aromatic carbocycles. The molecule has 1 fully saturated rings. The van der Waals surface area contributed by atoms with E-state index in [0.29, 0.717) is 16.3 Å². The zero-order valence-electron chi connectivity index (χ0n) is 20.5. The number of nitrogens with one attached hydrogen (secondary N) is 1. The Kier molecular flexibility index (Phi) is 5.25. The number of anilines is 1. The number of aromatic nitrogens is 1. The van der Waals surface area contributed by atoms with E-state index in [1.165, 1.54) is 17.3 Å². The van der Waals surface area contributed by atoms with Gasteiger partial charge in [0.1, 0.15) is 0 Å². The lowest BCUT2D eigenvalue weighted by Crippen LogP contribution is -2.54. The summed E-state index contributed by atoms with van der Waals surface area (Å²) in [4.78, 5) is 46.5. The van der Waals surface area contributed by atoms with Crippen LogP contribution in [-0.2, 0) is 15.0 Å². The van der Waals surface area contributed by atoms with Crippen LogP contribution in [0.25, 0.3) is 0 Å². The summed E-state index contributed by atoms with van der Waals surface area (Å²) in [6.07, 6.45) is 4.70. The van der Waals surface area contributed by atoms with Crippen LogP contribution in [0.1, 0.15) is 38.5 Å². The van der Waals surface area contributed by atoms with Crippen molar-refractivity contribution in [3.63, 3.8) is 0 Å². The van der Waals surface area contributed by atoms with Gasteiger partial charge in [0.25, 0.3) is 5.91 Å². The molecule has 3 amide bonds. The number of pyridine rings is 1. The monoisotopic (exact) mass is 532 g/mol. The molecule has 0 spiro atoms. The zero-order chi connectivity index (χ0) is 26.7. The second-order valence-electron chi connectivity index (χ2n) is 9.92. The van der Waals surface area contributed by atoms with Gasteiger partial charge in [0.15, 0.2) is 0 Å². The third-order valence-electron chi connectivity index (χ3n) is 8.15. The number of hydrogen-bond acceptors (Lipinski definition) is 5. The Labute approximate surface area is 229 Å². The largest absolute Gasteiger partial charge is 0.274 e. The van der Waals surface area contributed by atoms with Crippen LogP contribution in [0.2, 0.25) is 5.02 Å². The number of benzene rings is 3. The highest BCUT2D eigenvalue weighted by Crippen LogP contribution is 2.63. The average molecular weight is 533 g/mol. The Hall–Kier alpha value is -4.62. The minimum Gasteiger partial charge on any atom is -0.274 e. The predicted molar refractivity (Wildman–Crippen MR) is 147 cm³/mol. The Morgan fingerprint density at radius 2 is 1.49 bits per heavy atom. The molecule has 1 aromatic heterocycles. The number of nitrogens with zero attached hydrogens (tertiary/aromatic N) is 3. The van der Waals surface area contributed by atoms with Crippen molar-refractivity contribution >= 4 is 41.2 Å². The second-order valence-corrected chi connectivity index (χ2v) is 10.3. The number of hydrazone groups is 1. The number of imide groups is 1. The van der Waals surface area contributed by atoms with Crippen LogP contribution < -0.4 is 10.3 Å². The summed E-state index contributed by atoms with van der Waals surface area (Å²) in [6, 6.07) is 25.8. The smallest absolute Gasteiger partial charge is 0.271 e. The number of rotatable bonds is 4. The molecule has 39 heavy (non-hydrogen) atoms. The first-order chi connectivity index (χ1) is 19.0. The number of para-hydroxylation sites is 1. The summed E-state index contributed by atoms with van der Waals surface area (Å²) in [5, 5.41) is 4.75. The molecule has 4 aromatic rings. The highest BCUT2D eigenvalue weighted by Gasteiger charge is 2.68. The van der Waals surface area contributed by atoms with Gasteiger partial charge < -0.3 is 0 Å². The van der Waals surface area contributed by atoms with Gasteiger partial charge in [-0.1, -0.05) is 72.3 Å². The molecule has 0 saturated carbocycles. The van der Waals surface area contributed by atoms with Crippen molar-refractivity contribution in [3.05, 3.63) is 130 Å². The summed E-state index contributed by atoms with van der Waals surface area (Å²) in [6.45, 7) is 0. The Morgan fingerprint density at radius 3 is 2.15 bits per heavy atom. The molecule has 8 heteroatoms. The summed E-state index contributed by atoms with van der Waals surface area (Å²) in [5.41, 5.74) is 6.07. The minimum atomic E-state index is -1.08. The van der Waals surface area contributed by atoms with Crippen molar-refractivity contribution in [1.82, 2.24) is 10.4 Å². The van der Waals surface area contributed by atoms with E-state index in [0.717, 1.165) is 22.3 Å². The van der Waals surface area contributed by atoms with Crippen molar-refractivity contribution in [2.24, 2.45) is 16.9 Å². The predicted octanol–water partition coefficient (Wildman–Crippen LogP) is 4.70. The van der Waals surface area contributed by atoms with Gasteiger partial charge in [0.2, 0.25) is 11.8 Å². The topological polar surface area (TPSA) is 91.7 Å². The fourth-order valence-corrected chi connectivity index (χ4v) is 6.90. The second kappa shape index (κ2) is 8.71. The van der Waals surface area contributed by atoms with Gasteiger partial charge in [0.05, 0.1) is 28.0 Å². The first kappa shape index (κ1) is 23.5. The molecule has 1 saturated heterocycles. The van der Waals surface area contributed by atoms with Gasteiger partial charge in [-0.15, -0.1) is 0 Å². The highest BCUT2D eigenvalue weighted by molar-refractivity contribution is 6.36. The molecule has 0 unspecified atom stereocenters. The third-order valence-corrected chi connectivity index (χ3v) is 8.47. The van der Waals surface area contributed by atoms with Gasteiger partial charge in [-0.3, -0.25) is 19.4 Å². The van der Waals surface area contributed by atoms with Crippen molar-refractivity contribution in [1.29, 1.82) is 0 Å². The number of carbonyl (C=O) groups excluding carboxylic acids is 3. The maximum atomic E-state index is 14.3. The molecular formula is C31H21ClN4O3. The van der Waals surface area contributed by atoms with Crippen molar-refractivity contribution in [3.8, 4) is 0 Å². The van der Waals surface area contributed by atoms with Crippen molar-refractivity contribution < 1.29 is 14.4 Å². The van der Waals surface area contributed by atoms with Crippen LogP contribution >= 0.6 is 11.6 Å². The third kappa shape index (κ3) is 3.20. The first-order valence-electron chi connectivity index (χ1n) is 12.6. The number of halogens is 1. The summed E-state index contributed by atoms with van der Waals surface area (Å²) in [7, 11) is 0. The van der Waals surface area contributed by atoms with Gasteiger partial charge >= 0.3 is 0 Å². The maximum Gasteiger partial charge on any atom is 0.271 e. The fraction of sp³-hybridized carbons (Fsp3) is 0.129. The maximum absolute atomic E-state index is 14.3. The van der Waals surface area contributed by atoms with E-state index in [1.807, 2.05) is 48.5 Å². The number of amides is 3. The molecule has 4 aliphatic rings. The fourth-order valence-electron chi connectivity index (χ4n) is 6.68. The zero-order valence-corrected chi connectivity index (χ0v) is 21.2. The van der Waals surface area contributed by atoms with Crippen molar-refractivity contribution in [2.45, 2.75) is 11.3 Å². The van der Waals surface area contributed by atoms with Gasteiger partial charge in [0, 0.05) is 30.1 Å². The number of hydrogen-bond donors (Lipinski definition) is 1. The summed E-state index contributed by atoms with van der Waals surface area (Å²) < 4.78 is 0. The van der Waals surface area contributed by atoms with E-state index in [4.69, 9.17) is 11.6 Å². The van der Waals surface area contributed by atoms with Crippen LogP contribution in [0.15, 0.2) is 102 Å². The first-order valence-corrected chi connectivity index (χ1v) is 13.0. The van der Waals surface area contributed by atoms with Gasteiger partial charge in [-0.25, -0.2) is 10.3 Å². The standard InChI is InChI=1S/C31H21ClN4O3/c32-23-11-5-6-12-24(23)36-29(38)26-25-19-7-1-3-9-21(19)31(27(26)30(36)39,22-10-4-2-8-20(22)25)17-34-35-28(37)18-13-15-33-16-14-18/h1-17,25-27H,(H,35,37)/b34-17-/t25?,26-,27+,31?/m0/s1. The van der Waals surface area contributed by atoms with E-state index in [9.17, 15) is 14.4 Å². The molecular weight excluding hydrogens is 512 g/mol. The summed E-state index contributed by atoms with van der Waals surface area (Å²) >= 11 is 6.49. The van der Waals surface area contributed by atoms with Crippen LogP contribution in [-0.4, -0.2) is 28.9 Å². The quantitative estimate of drug-likeness (QED) is 0.234. The van der Waals surface area contributed by atoms with E-state index in [-0.39, 0.29) is 17.7 Å². The molecule has 0 radical (unpaired) electrons. The molecule has 2 atom stereocenters. The molecule has 8 rings (SSSR count). The average Bonchev–Trinajstić information content (AvgIpc) is 3.24. The lowest BCUT2D eigenvalue weighted by Gasteiger charge is -2.52. The minimum absolute atomic E-state index is 0.286. The van der Waals surface area contributed by atoms with Crippen molar-refractivity contribution in [2.75, 3.05) is 4.90 Å². The van der Waals surface area contributed by atoms with Crippen LogP contribution in [0.4, 0.5) is 5.69 Å².